The molecule has 0 saturated carbocycles. The van der Waals surface area contributed by atoms with E-state index >= 15 is 0 Å². The molecule has 1 aliphatic heterocycles. The molecule has 0 N–H and O–H groups in total. The number of rotatable bonds is 2. The second kappa shape index (κ2) is 6.41. The largest absolute Gasteiger partial charge is 0.321 e. The zero-order chi connectivity index (χ0) is 18.5. The fourth-order valence-electron chi connectivity index (χ4n) is 4.30. The maximum absolute atomic E-state index is 6.95. The third-order valence-electron chi connectivity index (χ3n) is 5.01. The summed E-state index contributed by atoms with van der Waals surface area (Å²) in [5.74, 6) is 0. The highest BCUT2D eigenvalue weighted by molar-refractivity contribution is 6.51. The lowest BCUT2D eigenvalue weighted by Gasteiger charge is -2.38. The highest BCUT2D eigenvalue weighted by atomic mass is 35.5. The smallest absolute Gasteiger partial charge is 0.271 e. The van der Waals surface area contributed by atoms with E-state index in [0.29, 0.717) is 0 Å². The molecule has 0 spiro atoms. The Morgan fingerprint density at radius 1 is 0.640 bits per heavy atom. The molecular weight excluding hydrogens is 351 g/mol. The number of hydrogen-bond acceptors (Lipinski definition) is 2. The lowest BCUT2D eigenvalue weighted by atomic mass is 10.0. The Balaban J connectivity index is 2.07. The molecule has 0 atom stereocenters. The lowest BCUT2D eigenvalue weighted by Crippen LogP contribution is -2.45. The average Bonchev–Trinajstić information content (AvgIpc) is 2.73. The Labute approximate surface area is 161 Å². The van der Waals surface area contributed by atoms with Crippen molar-refractivity contribution < 1.29 is 0 Å². The van der Waals surface area contributed by atoms with Crippen LogP contribution in [-0.4, -0.2) is 17.7 Å². The van der Waals surface area contributed by atoms with Crippen molar-refractivity contribution in [1.29, 1.82) is 0 Å². The van der Waals surface area contributed by atoms with Gasteiger partial charge in [-0.05, 0) is 63.8 Å². The predicted octanol–water partition coefficient (Wildman–Crippen LogP) is 5.95. The molecule has 0 amide bonds. The van der Waals surface area contributed by atoms with Gasteiger partial charge in [-0.3, -0.25) is 0 Å². The van der Waals surface area contributed by atoms with Crippen molar-refractivity contribution in [3.8, 4) is 0 Å². The summed E-state index contributed by atoms with van der Waals surface area (Å²) in [6.45, 7) is 14.3. The molecule has 4 heteroatoms. The first-order valence-corrected chi connectivity index (χ1v) is 9.47. The fraction of sp³-hybridized carbons (Fsp3) is 0.429. The Morgan fingerprint density at radius 2 is 0.920 bits per heavy atom. The monoisotopic (exact) mass is 376 g/mol. The van der Waals surface area contributed by atoms with Gasteiger partial charge in [0.2, 0.25) is 0 Å². The first-order valence-electron chi connectivity index (χ1n) is 8.71. The number of alkyl halides is 2. The maximum Gasteiger partial charge on any atom is 0.271 e. The van der Waals surface area contributed by atoms with Crippen LogP contribution in [0.3, 0.4) is 0 Å². The Hall–Kier alpha value is -1.38. The van der Waals surface area contributed by atoms with Gasteiger partial charge in [-0.15, -0.1) is 0 Å². The summed E-state index contributed by atoms with van der Waals surface area (Å²) in [5.41, 5.74) is 9.64. The molecule has 2 aromatic rings. The summed E-state index contributed by atoms with van der Waals surface area (Å²) in [6, 6.07) is 8.77. The minimum absolute atomic E-state index is 0.796. The second-order valence-corrected chi connectivity index (χ2v) is 8.55. The molecule has 0 bridgehead atoms. The molecular formula is C21H26Cl2N2. The van der Waals surface area contributed by atoms with E-state index in [1.165, 1.54) is 33.4 Å². The van der Waals surface area contributed by atoms with Gasteiger partial charge < -0.3 is 9.80 Å². The first kappa shape index (κ1) is 18.4. The van der Waals surface area contributed by atoms with Crippen LogP contribution in [0, 0.1) is 41.5 Å². The molecule has 0 aromatic heterocycles. The van der Waals surface area contributed by atoms with E-state index in [4.69, 9.17) is 23.2 Å². The van der Waals surface area contributed by atoms with Crippen LogP contribution in [0.5, 0.6) is 0 Å². The molecule has 0 radical (unpaired) electrons. The van der Waals surface area contributed by atoms with Crippen molar-refractivity contribution in [2.75, 3.05) is 22.9 Å². The van der Waals surface area contributed by atoms with Gasteiger partial charge in [-0.2, -0.15) is 0 Å². The summed E-state index contributed by atoms with van der Waals surface area (Å²) >= 11 is 13.9. The molecule has 1 saturated heterocycles. The van der Waals surface area contributed by atoms with E-state index in [0.717, 1.165) is 24.5 Å². The van der Waals surface area contributed by atoms with Crippen molar-refractivity contribution in [3.05, 3.63) is 57.6 Å². The molecule has 2 aromatic carbocycles. The minimum atomic E-state index is -1.10. The zero-order valence-corrected chi connectivity index (χ0v) is 17.4. The predicted molar refractivity (Wildman–Crippen MR) is 110 cm³/mol. The molecule has 25 heavy (non-hydrogen) atoms. The van der Waals surface area contributed by atoms with Crippen LogP contribution in [0.2, 0.25) is 0 Å². The third kappa shape index (κ3) is 3.11. The van der Waals surface area contributed by atoms with E-state index in [2.05, 4.69) is 75.6 Å². The van der Waals surface area contributed by atoms with Crippen LogP contribution in [0.1, 0.15) is 33.4 Å². The van der Waals surface area contributed by atoms with Crippen molar-refractivity contribution in [3.63, 3.8) is 0 Å². The number of benzene rings is 2. The number of nitrogens with zero attached hydrogens (tertiary/aromatic N) is 2. The zero-order valence-electron chi connectivity index (χ0n) is 15.9. The third-order valence-corrected chi connectivity index (χ3v) is 5.82. The highest BCUT2D eigenvalue weighted by Crippen LogP contribution is 2.45. The van der Waals surface area contributed by atoms with Crippen molar-refractivity contribution in [2.24, 2.45) is 0 Å². The maximum atomic E-state index is 6.95. The van der Waals surface area contributed by atoms with Gasteiger partial charge in [-0.25, -0.2) is 0 Å². The van der Waals surface area contributed by atoms with E-state index in [9.17, 15) is 0 Å². The Bertz CT molecular complexity index is 713. The molecule has 134 valence electrons. The van der Waals surface area contributed by atoms with Gasteiger partial charge in [0, 0.05) is 24.5 Å². The Kier molecular flexibility index (Phi) is 4.72. The first-order chi connectivity index (χ1) is 11.6. The normalized spacial score (nSPS) is 16.6. The van der Waals surface area contributed by atoms with Crippen LogP contribution in [-0.2, 0) is 0 Å². The van der Waals surface area contributed by atoms with Gasteiger partial charge in [0.25, 0.3) is 4.58 Å². The quantitative estimate of drug-likeness (QED) is 0.471. The van der Waals surface area contributed by atoms with Gasteiger partial charge >= 0.3 is 0 Å². The average molecular weight is 377 g/mol. The topological polar surface area (TPSA) is 6.48 Å². The molecule has 0 unspecified atom stereocenters. The Morgan fingerprint density at radius 3 is 1.20 bits per heavy atom. The lowest BCUT2D eigenvalue weighted by molar-refractivity contribution is 0.792. The van der Waals surface area contributed by atoms with E-state index < -0.39 is 4.58 Å². The summed E-state index contributed by atoms with van der Waals surface area (Å²) < 4.78 is -1.10. The number of anilines is 2. The molecule has 2 nitrogen and oxygen atoms in total. The van der Waals surface area contributed by atoms with Crippen molar-refractivity contribution in [2.45, 2.75) is 46.1 Å². The number of halogens is 2. The SMILES string of the molecule is Cc1cc(C)c(N2CCN(c3c(C)cc(C)cc3C)C2(Cl)Cl)c(C)c1. The molecule has 0 aliphatic carbocycles. The fourth-order valence-corrected chi connectivity index (χ4v) is 4.98. The molecule has 1 heterocycles. The van der Waals surface area contributed by atoms with Crippen molar-refractivity contribution >= 4 is 34.6 Å². The van der Waals surface area contributed by atoms with Gasteiger partial charge in [0.1, 0.15) is 0 Å². The minimum Gasteiger partial charge on any atom is -0.321 e. The van der Waals surface area contributed by atoms with E-state index in [1.54, 1.807) is 0 Å². The van der Waals surface area contributed by atoms with E-state index in [1.807, 2.05) is 0 Å². The summed E-state index contributed by atoms with van der Waals surface area (Å²) in [5, 5.41) is 0. The molecule has 3 rings (SSSR count). The number of hydrogen-bond donors (Lipinski definition) is 0. The van der Waals surface area contributed by atoms with Crippen LogP contribution in [0.4, 0.5) is 11.4 Å². The van der Waals surface area contributed by atoms with Gasteiger partial charge in [-0.1, -0.05) is 58.6 Å². The second-order valence-electron chi connectivity index (χ2n) is 7.31. The van der Waals surface area contributed by atoms with Crippen LogP contribution in [0.15, 0.2) is 24.3 Å². The van der Waals surface area contributed by atoms with Crippen LogP contribution in [0.25, 0.3) is 0 Å². The van der Waals surface area contributed by atoms with Gasteiger partial charge in [0.15, 0.2) is 0 Å². The summed E-state index contributed by atoms with van der Waals surface area (Å²) in [6.07, 6.45) is 0. The molecule has 1 fully saturated rings. The van der Waals surface area contributed by atoms with Crippen LogP contribution >= 0.6 is 23.2 Å². The molecule has 1 aliphatic rings. The standard InChI is InChI=1S/C21H26Cl2N2/c1-13-9-15(3)19(16(4)10-13)24-7-8-25(21(24,22)23)20-17(5)11-14(2)12-18(20)6/h9-12H,7-8H2,1-6H3. The summed E-state index contributed by atoms with van der Waals surface area (Å²) in [7, 11) is 0. The van der Waals surface area contributed by atoms with Gasteiger partial charge in [0.05, 0.1) is 0 Å². The van der Waals surface area contributed by atoms with Crippen molar-refractivity contribution in [1.82, 2.24) is 0 Å². The van der Waals surface area contributed by atoms with E-state index in [-0.39, 0.29) is 0 Å². The summed E-state index contributed by atoms with van der Waals surface area (Å²) in [4.78, 5) is 4.25. The highest BCUT2D eigenvalue weighted by Gasteiger charge is 2.46. The number of aryl methyl sites for hydroxylation is 6. The van der Waals surface area contributed by atoms with Crippen LogP contribution < -0.4 is 9.80 Å².